The van der Waals surface area contributed by atoms with Crippen LogP contribution >= 0.6 is 12.4 Å². The summed E-state index contributed by atoms with van der Waals surface area (Å²) in [7, 11) is 0. The molecule has 1 amide bonds. The third-order valence-corrected chi connectivity index (χ3v) is 2.23. The van der Waals surface area contributed by atoms with Crippen molar-refractivity contribution in [1.29, 1.82) is 0 Å². The highest BCUT2D eigenvalue weighted by atomic mass is 35.5. The Balaban J connectivity index is 0.00000256. The number of amides is 1. The van der Waals surface area contributed by atoms with Gasteiger partial charge in [0.2, 0.25) is 5.91 Å². The van der Waals surface area contributed by atoms with Crippen LogP contribution in [0.25, 0.3) is 0 Å². The lowest BCUT2D eigenvalue weighted by Gasteiger charge is -2.10. The Morgan fingerprint density at radius 1 is 1.41 bits per heavy atom. The summed E-state index contributed by atoms with van der Waals surface area (Å²) in [5.74, 6) is 0.575. The zero-order chi connectivity index (χ0) is 12.0. The van der Waals surface area contributed by atoms with E-state index in [1.807, 2.05) is 13.8 Å². The number of carbonyl (C=O) groups is 1. The molecule has 1 atom stereocenters. The minimum absolute atomic E-state index is 0. The summed E-state index contributed by atoms with van der Waals surface area (Å²) < 4.78 is 0. The Kier molecular flexibility index (Phi) is 7.41. The second-order valence-corrected chi connectivity index (χ2v) is 3.63. The monoisotopic (exact) mass is 258 g/mol. The number of hydrogen-bond acceptors (Lipinski definition) is 4. The summed E-state index contributed by atoms with van der Waals surface area (Å²) in [5.41, 5.74) is 6.27. The lowest BCUT2D eigenvalue weighted by Crippen LogP contribution is -2.35. The molecule has 3 N–H and O–H groups in total. The molecule has 1 rings (SSSR count). The molecule has 6 heteroatoms. The molecule has 0 aromatic carbocycles. The fourth-order valence-electron chi connectivity index (χ4n) is 1.28. The highest BCUT2D eigenvalue weighted by molar-refractivity contribution is 5.94. The molecule has 0 fully saturated rings. The van der Waals surface area contributed by atoms with Crippen molar-refractivity contribution in [2.75, 3.05) is 5.32 Å². The number of nitrogens with zero attached hydrogens (tertiary/aromatic N) is 2. The molecule has 0 aliphatic carbocycles. The van der Waals surface area contributed by atoms with E-state index in [0.29, 0.717) is 12.1 Å². The number of carbonyl (C=O) groups excluding carboxylic acids is 1. The summed E-state index contributed by atoms with van der Waals surface area (Å²) in [6.07, 6.45) is 5.55. The molecule has 0 spiro atoms. The maximum atomic E-state index is 11.6. The third-order valence-electron chi connectivity index (χ3n) is 2.23. The molecule has 0 saturated carbocycles. The van der Waals surface area contributed by atoms with E-state index in [1.54, 1.807) is 12.4 Å². The number of nitrogens with two attached hydrogens (primary N) is 1. The number of anilines is 1. The SMILES string of the molecule is CCCC(N)C(=O)Nc1cnc(CC)nc1.Cl. The Hall–Kier alpha value is -1.20. The van der Waals surface area contributed by atoms with Crippen LogP contribution < -0.4 is 11.1 Å². The molecular weight excluding hydrogens is 240 g/mol. The first-order chi connectivity index (χ1) is 7.67. The largest absolute Gasteiger partial charge is 0.322 e. The van der Waals surface area contributed by atoms with Crippen LogP contribution in [0.2, 0.25) is 0 Å². The number of aromatic nitrogens is 2. The van der Waals surface area contributed by atoms with Crippen LogP contribution in [0, 0.1) is 0 Å². The van der Waals surface area contributed by atoms with Crippen LogP contribution in [-0.2, 0) is 11.2 Å². The van der Waals surface area contributed by atoms with Crippen molar-refractivity contribution >= 4 is 24.0 Å². The molecule has 17 heavy (non-hydrogen) atoms. The zero-order valence-electron chi connectivity index (χ0n) is 10.1. The molecule has 1 unspecified atom stereocenters. The van der Waals surface area contributed by atoms with Crippen molar-refractivity contribution in [2.24, 2.45) is 5.73 Å². The average molecular weight is 259 g/mol. The predicted octanol–water partition coefficient (Wildman–Crippen LogP) is 1.53. The zero-order valence-corrected chi connectivity index (χ0v) is 11.0. The van der Waals surface area contributed by atoms with E-state index in [0.717, 1.165) is 18.7 Å². The van der Waals surface area contributed by atoms with E-state index >= 15 is 0 Å². The van der Waals surface area contributed by atoms with Crippen molar-refractivity contribution in [3.8, 4) is 0 Å². The van der Waals surface area contributed by atoms with Gasteiger partial charge in [-0.2, -0.15) is 0 Å². The van der Waals surface area contributed by atoms with Gasteiger partial charge in [-0.3, -0.25) is 4.79 Å². The van der Waals surface area contributed by atoms with Gasteiger partial charge in [-0.1, -0.05) is 20.3 Å². The lowest BCUT2D eigenvalue weighted by atomic mass is 10.2. The molecule has 0 aliphatic rings. The predicted molar refractivity (Wildman–Crippen MR) is 70.2 cm³/mol. The number of rotatable bonds is 5. The van der Waals surface area contributed by atoms with E-state index in [9.17, 15) is 4.79 Å². The second-order valence-electron chi connectivity index (χ2n) is 3.63. The summed E-state index contributed by atoms with van der Waals surface area (Å²) in [6.45, 7) is 3.97. The first-order valence-electron chi connectivity index (χ1n) is 5.54. The van der Waals surface area contributed by atoms with Gasteiger partial charge in [0.1, 0.15) is 5.82 Å². The van der Waals surface area contributed by atoms with Crippen LogP contribution in [0.4, 0.5) is 5.69 Å². The highest BCUT2D eigenvalue weighted by Crippen LogP contribution is 2.05. The highest BCUT2D eigenvalue weighted by Gasteiger charge is 2.12. The minimum atomic E-state index is -0.462. The van der Waals surface area contributed by atoms with Crippen LogP contribution in [-0.4, -0.2) is 21.9 Å². The van der Waals surface area contributed by atoms with Gasteiger partial charge >= 0.3 is 0 Å². The fourth-order valence-corrected chi connectivity index (χ4v) is 1.28. The van der Waals surface area contributed by atoms with Crippen LogP contribution in [0.3, 0.4) is 0 Å². The van der Waals surface area contributed by atoms with Crippen molar-refractivity contribution in [3.05, 3.63) is 18.2 Å². The van der Waals surface area contributed by atoms with Gasteiger partial charge < -0.3 is 11.1 Å². The van der Waals surface area contributed by atoms with Crippen molar-refractivity contribution < 1.29 is 4.79 Å². The fraction of sp³-hybridized carbons (Fsp3) is 0.545. The topological polar surface area (TPSA) is 80.9 Å². The summed E-state index contributed by atoms with van der Waals surface area (Å²) >= 11 is 0. The quantitative estimate of drug-likeness (QED) is 0.839. The number of aryl methyl sites for hydroxylation is 1. The Morgan fingerprint density at radius 3 is 2.47 bits per heavy atom. The third kappa shape index (κ3) is 5.10. The molecule has 5 nitrogen and oxygen atoms in total. The first-order valence-corrected chi connectivity index (χ1v) is 5.54. The maximum absolute atomic E-state index is 11.6. The van der Waals surface area contributed by atoms with Crippen molar-refractivity contribution in [3.63, 3.8) is 0 Å². The number of nitrogens with one attached hydrogen (secondary N) is 1. The molecule has 0 aliphatic heterocycles. The standard InChI is InChI=1S/C11H18N4O.ClH/c1-3-5-9(12)11(16)15-8-6-13-10(4-2)14-7-8;/h6-7,9H,3-5,12H2,1-2H3,(H,15,16);1H. The van der Waals surface area contributed by atoms with Crippen molar-refractivity contribution in [2.45, 2.75) is 39.2 Å². The first kappa shape index (κ1) is 15.8. The van der Waals surface area contributed by atoms with E-state index in [1.165, 1.54) is 0 Å². The Labute approximate surface area is 108 Å². The van der Waals surface area contributed by atoms with Crippen LogP contribution in [0.1, 0.15) is 32.5 Å². The second kappa shape index (κ2) is 7.97. The molecule has 1 aromatic rings. The average Bonchev–Trinajstić information content (AvgIpc) is 2.30. The Bertz CT molecular complexity index is 342. The molecular formula is C11H19ClN4O. The summed E-state index contributed by atoms with van der Waals surface area (Å²) in [6, 6.07) is -0.462. The van der Waals surface area contributed by atoms with Gasteiger partial charge in [0.25, 0.3) is 0 Å². The molecule has 1 aromatic heterocycles. The van der Waals surface area contributed by atoms with E-state index in [2.05, 4.69) is 15.3 Å². The molecule has 0 radical (unpaired) electrons. The van der Waals surface area contributed by atoms with E-state index < -0.39 is 6.04 Å². The normalized spacial score (nSPS) is 11.5. The minimum Gasteiger partial charge on any atom is -0.322 e. The number of hydrogen-bond donors (Lipinski definition) is 2. The van der Waals surface area contributed by atoms with Gasteiger partial charge in [-0.05, 0) is 6.42 Å². The van der Waals surface area contributed by atoms with Gasteiger partial charge in [0.05, 0.1) is 24.1 Å². The van der Waals surface area contributed by atoms with Gasteiger partial charge in [0, 0.05) is 6.42 Å². The van der Waals surface area contributed by atoms with Gasteiger partial charge in [-0.25, -0.2) is 9.97 Å². The molecule has 1 heterocycles. The molecule has 96 valence electrons. The Morgan fingerprint density at radius 2 is 2.00 bits per heavy atom. The molecule has 0 bridgehead atoms. The lowest BCUT2D eigenvalue weighted by molar-refractivity contribution is -0.117. The summed E-state index contributed by atoms with van der Waals surface area (Å²) in [4.78, 5) is 19.7. The molecule has 0 saturated heterocycles. The van der Waals surface area contributed by atoms with Crippen LogP contribution in [0.5, 0.6) is 0 Å². The number of halogens is 1. The van der Waals surface area contributed by atoms with E-state index in [-0.39, 0.29) is 18.3 Å². The van der Waals surface area contributed by atoms with Crippen molar-refractivity contribution in [1.82, 2.24) is 9.97 Å². The van der Waals surface area contributed by atoms with Crippen LogP contribution in [0.15, 0.2) is 12.4 Å². The van der Waals surface area contributed by atoms with E-state index in [4.69, 9.17) is 5.73 Å². The summed E-state index contributed by atoms with van der Waals surface area (Å²) in [5, 5.41) is 2.69. The van der Waals surface area contributed by atoms with Gasteiger partial charge in [0.15, 0.2) is 0 Å². The van der Waals surface area contributed by atoms with Gasteiger partial charge in [-0.15, -0.1) is 12.4 Å². The smallest absolute Gasteiger partial charge is 0.241 e. The maximum Gasteiger partial charge on any atom is 0.241 e.